The van der Waals surface area contributed by atoms with E-state index in [1.807, 2.05) is 50.1 Å². The predicted molar refractivity (Wildman–Crippen MR) is 77.8 cm³/mol. The molecule has 0 aliphatic carbocycles. The van der Waals surface area contributed by atoms with Gasteiger partial charge in [-0.25, -0.2) is 0 Å². The van der Waals surface area contributed by atoms with Crippen molar-refractivity contribution in [3.05, 3.63) is 53.6 Å². The maximum atomic E-state index is 9.94. The Labute approximate surface area is 113 Å². The van der Waals surface area contributed by atoms with Crippen molar-refractivity contribution in [2.45, 2.75) is 19.9 Å². The zero-order chi connectivity index (χ0) is 14.0. The third-order valence-electron chi connectivity index (χ3n) is 3.55. The number of rotatable bonds is 3. The van der Waals surface area contributed by atoms with E-state index in [4.69, 9.17) is 0 Å². The van der Waals surface area contributed by atoms with Gasteiger partial charge in [-0.2, -0.15) is 0 Å². The van der Waals surface area contributed by atoms with Crippen molar-refractivity contribution >= 4 is 5.69 Å². The molecule has 0 fully saturated rings. The minimum Gasteiger partial charge on any atom is -0.507 e. The average molecular weight is 257 g/mol. The lowest BCUT2D eigenvalue weighted by atomic mass is 10.0. The third-order valence-corrected chi connectivity index (χ3v) is 3.55. The molecule has 0 aromatic heterocycles. The Bertz CT molecular complexity index is 560. The van der Waals surface area contributed by atoms with Gasteiger partial charge in [-0.3, -0.25) is 0 Å². The third kappa shape index (κ3) is 2.50. The number of aromatic hydroxyl groups is 2. The first-order valence-electron chi connectivity index (χ1n) is 6.31. The van der Waals surface area contributed by atoms with Gasteiger partial charge < -0.3 is 15.1 Å². The van der Waals surface area contributed by atoms with Crippen molar-refractivity contribution in [1.29, 1.82) is 0 Å². The van der Waals surface area contributed by atoms with Gasteiger partial charge in [-0.15, -0.1) is 0 Å². The van der Waals surface area contributed by atoms with Crippen molar-refractivity contribution in [2.75, 3.05) is 11.9 Å². The molecule has 19 heavy (non-hydrogen) atoms. The standard InChI is InChI=1S/C16H19NO2/c1-11-7-4-5-8-13(11)17(3)12(2)16-14(18)9-6-10-15(16)19/h4-10,12,18-19H,1-3H3. The van der Waals surface area contributed by atoms with Crippen LogP contribution in [0.15, 0.2) is 42.5 Å². The van der Waals surface area contributed by atoms with Crippen LogP contribution in [-0.4, -0.2) is 17.3 Å². The Hall–Kier alpha value is -2.16. The Kier molecular flexibility index (Phi) is 3.65. The van der Waals surface area contributed by atoms with E-state index in [0.29, 0.717) is 5.56 Å². The van der Waals surface area contributed by atoms with E-state index in [0.717, 1.165) is 11.3 Å². The molecule has 0 saturated carbocycles. The van der Waals surface area contributed by atoms with Crippen molar-refractivity contribution in [3.63, 3.8) is 0 Å². The van der Waals surface area contributed by atoms with Crippen LogP contribution < -0.4 is 4.90 Å². The fraction of sp³-hybridized carbons (Fsp3) is 0.250. The van der Waals surface area contributed by atoms with Gasteiger partial charge in [-0.05, 0) is 37.6 Å². The Balaban J connectivity index is 2.39. The monoisotopic (exact) mass is 257 g/mol. The molecular weight excluding hydrogens is 238 g/mol. The Morgan fingerprint density at radius 1 is 0.947 bits per heavy atom. The lowest BCUT2D eigenvalue weighted by molar-refractivity contribution is 0.430. The van der Waals surface area contributed by atoms with Crippen LogP contribution in [0.3, 0.4) is 0 Å². The van der Waals surface area contributed by atoms with E-state index in [1.54, 1.807) is 18.2 Å². The highest BCUT2D eigenvalue weighted by atomic mass is 16.3. The van der Waals surface area contributed by atoms with Gasteiger partial charge >= 0.3 is 0 Å². The van der Waals surface area contributed by atoms with Crippen molar-refractivity contribution in [2.24, 2.45) is 0 Å². The number of para-hydroxylation sites is 1. The maximum absolute atomic E-state index is 9.94. The van der Waals surface area contributed by atoms with Crippen LogP contribution >= 0.6 is 0 Å². The number of anilines is 1. The topological polar surface area (TPSA) is 43.7 Å². The summed E-state index contributed by atoms with van der Waals surface area (Å²) in [4.78, 5) is 2.05. The summed E-state index contributed by atoms with van der Waals surface area (Å²) in [5.41, 5.74) is 2.79. The van der Waals surface area contributed by atoms with Gasteiger partial charge in [0.05, 0.1) is 11.6 Å². The van der Waals surface area contributed by atoms with Gasteiger partial charge in [0.25, 0.3) is 0 Å². The molecule has 0 saturated heterocycles. The van der Waals surface area contributed by atoms with Gasteiger partial charge in [0.2, 0.25) is 0 Å². The van der Waals surface area contributed by atoms with Crippen LogP contribution in [0.25, 0.3) is 0 Å². The molecule has 0 radical (unpaired) electrons. The fourth-order valence-corrected chi connectivity index (χ4v) is 2.33. The zero-order valence-electron chi connectivity index (χ0n) is 11.5. The van der Waals surface area contributed by atoms with E-state index < -0.39 is 0 Å². The Morgan fingerprint density at radius 3 is 2.11 bits per heavy atom. The second kappa shape index (κ2) is 5.22. The molecule has 0 aliphatic rings. The van der Waals surface area contributed by atoms with E-state index in [-0.39, 0.29) is 17.5 Å². The SMILES string of the molecule is Cc1ccccc1N(C)C(C)c1c(O)cccc1O. The average Bonchev–Trinajstić information content (AvgIpc) is 2.38. The second-order valence-corrected chi connectivity index (χ2v) is 4.78. The normalized spacial score (nSPS) is 12.2. The van der Waals surface area contributed by atoms with Crippen LogP contribution in [0.1, 0.15) is 24.1 Å². The summed E-state index contributed by atoms with van der Waals surface area (Å²) < 4.78 is 0. The molecule has 1 atom stereocenters. The quantitative estimate of drug-likeness (QED) is 0.883. The summed E-state index contributed by atoms with van der Waals surface area (Å²) in [5.74, 6) is 0.237. The molecule has 0 amide bonds. The molecule has 3 heteroatoms. The summed E-state index contributed by atoms with van der Waals surface area (Å²) >= 11 is 0. The molecule has 0 aliphatic heterocycles. The number of phenolic OH excluding ortho intramolecular Hbond substituents is 2. The predicted octanol–water partition coefficient (Wildman–Crippen LogP) is 3.60. The van der Waals surface area contributed by atoms with Crippen LogP contribution in [0.5, 0.6) is 11.5 Å². The summed E-state index contributed by atoms with van der Waals surface area (Å²) in [6, 6.07) is 12.8. The molecule has 0 spiro atoms. The lowest BCUT2D eigenvalue weighted by Gasteiger charge is -2.29. The molecule has 2 rings (SSSR count). The highest BCUT2D eigenvalue weighted by Crippen LogP contribution is 2.37. The minimum atomic E-state index is -0.123. The lowest BCUT2D eigenvalue weighted by Crippen LogP contribution is -2.22. The van der Waals surface area contributed by atoms with Crippen molar-refractivity contribution < 1.29 is 10.2 Å². The smallest absolute Gasteiger partial charge is 0.124 e. The zero-order valence-corrected chi connectivity index (χ0v) is 11.5. The van der Waals surface area contributed by atoms with Gasteiger partial charge in [-0.1, -0.05) is 24.3 Å². The van der Waals surface area contributed by atoms with Crippen LogP contribution in [0.2, 0.25) is 0 Å². The maximum Gasteiger partial charge on any atom is 0.124 e. The first kappa shape index (κ1) is 13.3. The van der Waals surface area contributed by atoms with Crippen LogP contribution in [0, 0.1) is 6.92 Å². The van der Waals surface area contributed by atoms with Crippen molar-refractivity contribution in [1.82, 2.24) is 0 Å². The first-order valence-corrected chi connectivity index (χ1v) is 6.31. The van der Waals surface area contributed by atoms with Gasteiger partial charge in [0.15, 0.2) is 0 Å². The molecule has 2 aromatic carbocycles. The first-order chi connectivity index (χ1) is 9.02. The molecule has 3 nitrogen and oxygen atoms in total. The molecule has 2 N–H and O–H groups in total. The number of benzene rings is 2. The van der Waals surface area contributed by atoms with E-state index in [9.17, 15) is 10.2 Å². The molecule has 0 bridgehead atoms. The summed E-state index contributed by atoms with van der Waals surface area (Å²) in [5, 5.41) is 19.9. The minimum absolute atomic E-state index is 0.118. The van der Waals surface area contributed by atoms with E-state index >= 15 is 0 Å². The fourth-order valence-electron chi connectivity index (χ4n) is 2.33. The number of nitrogens with zero attached hydrogens (tertiary/aromatic N) is 1. The van der Waals surface area contributed by atoms with Crippen LogP contribution in [0.4, 0.5) is 5.69 Å². The van der Waals surface area contributed by atoms with E-state index in [1.165, 1.54) is 0 Å². The number of hydrogen-bond donors (Lipinski definition) is 2. The molecule has 1 unspecified atom stereocenters. The highest BCUT2D eigenvalue weighted by Gasteiger charge is 2.20. The van der Waals surface area contributed by atoms with Crippen LogP contribution in [-0.2, 0) is 0 Å². The highest BCUT2D eigenvalue weighted by molar-refractivity contribution is 5.56. The van der Waals surface area contributed by atoms with Gasteiger partial charge in [0, 0.05) is 12.7 Å². The molecule has 2 aromatic rings. The summed E-state index contributed by atoms with van der Waals surface area (Å²) in [6.07, 6.45) is 0. The Morgan fingerprint density at radius 2 is 1.53 bits per heavy atom. The second-order valence-electron chi connectivity index (χ2n) is 4.78. The molecule has 100 valence electrons. The largest absolute Gasteiger partial charge is 0.507 e. The summed E-state index contributed by atoms with van der Waals surface area (Å²) in [7, 11) is 1.96. The molecular formula is C16H19NO2. The van der Waals surface area contributed by atoms with Crippen molar-refractivity contribution in [3.8, 4) is 11.5 Å². The number of hydrogen-bond acceptors (Lipinski definition) is 3. The molecule has 0 heterocycles. The summed E-state index contributed by atoms with van der Waals surface area (Å²) in [6.45, 7) is 4.00. The number of aryl methyl sites for hydroxylation is 1. The van der Waals surface area contributed by atoms with E-state index in [2.05, 4.69) is 0 Å². The number of phenols is 2. The van der Waals surface area contributed by atoms with Gasteiger partial charge in [0.1, 0.15) is 11.5 Å².